The molecule has 7 heteroatoms. The van der Waals surface area contributed by atoms with Crippen molar-refractivity contribution >= 4 is 11.8 Å². The van der Waals surface area contributed by atoms with Crippen LogP contribution in [0.1, 0.15) is 37.0 Å². The van der Waals surface area contributed by atoms with Gasteiger partial charge in [0.15, 0.2) is 6.61 Å². The summed E-state index contributed by atoms with van der Waals surface area (Å²) in [7, 11) is 1.69. The fourth-order valence-electron chi connectivity index (χ4n) is 2.86. The molecule has 0 radical (unpaired) electrons. The quantitative estimate of drug-likeness (QED) is 0.637. The van der Waals surface area contributed by atoms with Crippen LogP contribution < -0.4 is 15.6 Å². The number of aromatic nitrogens is 2. The number of nitrogens with one attached hydrogen (secondary N) is 2. The summed E-state index contributed by atoms with van der Waals surface area (Å²) in [6, 6.07) is 19.0. The lowest BCUT2D eigenvalue weighted by Gasteiger charge is -2.13. The van der Waals surface area contributed by atoms with Gasteiger partial charge in [-0.2, -0.15) is 5.10 Å². The van der Waals surface area contributed by atoms with Gasteiger partial charge in [0.05, 0.1) is 5.69 Å². The number of amides is 2. The van der Waals surface area contributed by atoms with E-state index in [-0.39, 0.29) is 12.0 Å². The molecule has 2 aromatic carbocycles. The Balaban J connectivity index is 1.58. The molecule has 0 aliphatic carbocycles. The lowest BCUT2D eigenvalue weighted by molar-refractivity contribution is -0.123. The molecule has 1 heterocycles. The second-order valence-corrected chi connectivity index (χ2v) is 7.94. The van der Waals surface area contributed by atoms with E-state index in [1.54, 1.807) is 19.2 Å². The number of benzene rings is 2. The first-order valence-electron chi connectivity index (χ1n) is 9.66. The van der Waals surface area contributed by atoms with Gasteiger partial charge in [0.1, 0.15) is 11.4 Å². The zero-order chi connectivity index (χ0) is 21.7. The smallest absolute Gasteiger partial charge is 0.287 e. The molecule has 0 saturated carbocycles. The lowest BCUT2D eigenvalue weighted by atomic mass is 9.92. The Morgan fingerprint density at radius 2 is 1.67 bits per heavy atom. The molecule has 0 fully saturated rings. The molecular formula is C23H26N4O3. The Labute approximate surface area is 176 Å². The van der Waals surface area contributed by atoms with Gasteiger partial charge in [-0.15, -0.1) is 0 Å². The molecule has 3 aromatic rings. The summed E-state index contributed by atoms with van der Waals surface area (Å²) in [6.45, 7) is 5.82. The highest BCUT2D eigenvalue weighted by Gasteiger charge is 2.22. The molecule has 3 rings (SSSR count). The lowest BCUT2D eigenvalue weighted by Crippen LogP contribution is -2.44. The van der Waals surface area contributed by atoms with Gasteiger partial charge in [0.2, 0.25) is 0 Å². The van der Waals surface area contributed by atoms with Crippen LogP contribution in [-0.4, -0.2) is 28.2 Å². The fraction of sp³-hybridized carbons (Fsp3) is 0.261. The maximum Gasteiger partial charge on any atom is 0.287 e. The zero-order valence-corrected chi connectivity index (χ0v) is 17.6. The number of hydrogen-bond acceptors (Lipinski definition) is 4. The predicted molar refractivity (Wildman–Crippen MR) is 115 cm³/mol. The van der Waals surface area contributed by atoms with Crippen LogP contribution in [0.25, 0.3) is 11.1 Å². The van der Waals surface area contributed by atoms with Crippen LogP contribution in [0.5, 0.6) is 5.75 Å². The number of hydrogen-bond donors (Lipinski definition) is 2. The molecule has 0 aliphatic heterocycles. The van der Waals surface area contributed by atoms with E-state index < -0.39 is 11.8 Å². The van der Waals surface area contributed by atoms with Crippen LogP contribution in [0.15, 0.2) is 60.7 Å². The average Bonchev–Trinajstić information content (AvgIpc) is 3.13. The van der Waals surface area contributed by atoms with Gasteiger partial charge in [-0.05, 0) is 17.7 Å². The van der Waals surface area contributed by atoms with Crippen molar-refractivity contribution in [2.24, 2.45) is 7.05 Å². The standard InChI is InChI=1S/C23H26N4O3/c1-23(2,3)20-14-18(27(4)26-20)22(29)25-24-21(28)15-30-19-13-9-8-12-17(19)16-10-6-5-7-11-16/h5-14H,15H2,1-4H3,(H,24,28)(H,25,29). The first-order valence-corrected chi connectivity index (χ1v) is 9.66. The number of carbonyl (C=O) groups is 2. The third-order valence-electron chi connectivity index (χ3n) is 4.53. The minimum atomic E-state index is -0.468. The van der Waals surface area contributed by atoms with Crippen molar-refractivity contribution in [3.05, 3.63) is 72.1 Å². The number of aryl methyl sites for hydroxylation is 1. The topological polar surface area (TPSA) is 85.3 Å². The maximum absolute atomic E-state index is 12.4. The van der Waals surface area contributed by atoms with Crippen molar-refractivity contribution < 1.29 is 14.3 Å². The summed E-state index contributed by atoms with van der Waals surface area (Å²) in [4.78, 5) is 24.6. The van der Waals surface area contributed by atoms with E-state index >= 15 is 0 Å². The normalized spacial score (nSPS) is 11.1. The molecule has 1 aromatic heterocycles. The molecule has 156 valence electrons. The Morgan fingerprint density at radius 3 is 2.33 bits per heavy atom. The van der Waals surface area contributed by atoms with E-state index in [9.17, 15) is 9.59 Å². The second kappa shape index (κ2) is 8.82. The molecule has 0 unspecified atom stereocenters. The van der Waals surface area contributed by atoms with E-state index in [2.05, 4.69) is 16.0 Å². The summed E-state index contributed by atoms with van der Waals surface area (Å²) < 4.78 is 7.18. The number of ether oxygens (including phenoxy) is 1. The fourth-order valence-corrected chi connectivity index (χ4v) is 2.86. The Hall–Kier alpha value is -3.61. The van der Waals surface area contributed by atoms with E-state index in [0.717, 1.165) is 16.8 Å². The molecule has 0 bridgehead atoms. The Kier molecular flexibility index (Phi) is 6.20. The number of para-hydroxylation sites is 1. The number of carbonyl (C=O) groups excluding carboxylic acids is 2. The molecular weight excluding hydrogens is 380 g/mol. The second-order valence-electron chi connectivity index (χ2n) is 7.94. The maximum atomic E-state index is 12.4. The third kappa shape index (κ3) is 5.05. The summed E-state index contributed by atoms with van der Waals surface area (Å²) in [6.07, 6.45) is 0. The molecule has 0 saturated heterocycles. The number of rotatable bonds is 5. The van der Waals surface area contributed by atoms with Crippen molar-refractivity contribution in [2.75, 3.05) is 6.61 Å². The summed E-state index contributed by atoms with van der Waals surface area (Å²) >= 11 is 0. The van der Waals surface area contributed by atoms with Gasteiger partial charge in [-0.25, -0.2) is 0 Å². The highest BCUT2D eigenvalue weighted by molar-refractivity contribution is 5.94. The van der Waals surface area contributed by atoms with Gasteiger partial charge in [0.25, 0.3) is 11.8 Å². The Morgan fingerprint density at radius 1 is 1.00 bits per heavy atom. The van der Waals surface area contributed by atoms with Crippen molar-refractivity contribution in [1.29, 1.82) is 0 Å². The first-order chi connectivity index (χ1) is 14.3. The first kappa shape index (κ1) is 21.1. The predicted octanol–water partition coefficient (Wildman–Crippen LogP) is 3.22. The van der Waals surface area contributed by atoms with Crippen LogP contribution in [0.3, 0.4) is 0 Å². The van der Waals surface area contributed by atoms with Crippen molar-refractivity contribution in [3.63, 3.8) is 0 Å². The molecule has 2 amide bonds. The largest absolute Gasteiger partial charge is 0.483 e. The summed E-state index contributed by atoms with van der Waals surface area (Å²) in [5.41, 5.74) is 7.64. The van der Waals surface area contributed by atoms with Crippen LogP contribution in [0.2, 0.25) is 0 Å². The molecule has 0 atom stereocenters. The minimum absolute atomic E-state index is 0.181. The summed E-state index contributed by atoms with van der Waals surface area (Å²) in [5.74, 6) is -0.324. The highest BCUT2D eigenvalue weighted by Crippen LogP contribution is 2.29. The summed E-state index contributed by atoms with van der Waals surface area (Å²) in [5, 5.41) is 4.36. The van der Waals surface area contributed by atoms with E-state index in [1.165, 1.54) is 4.68 Å². The van der Waals surface area contributed by atoms with Crippen LogP contribution in [-0.2, 0) is 17.3 Å². The molecule has 0 aliphatic rings. The van der Waals surface area contributed by atoms with Crippen molar-refractivity contribution in [1.82, 2.24) is 20.6 Å². The van der Waals surface area contributed by atoms with Crippen molar-refractivity contribution in [2.45, 2.75) is 26.2 Å². The van der Waals surface area contributed by atoms with E-state index in [1.807, 2.05) is 69.3 Å². The minimum Gasteiger partial charge on any atom is -0.483 e. The van der Waals surface area contributed by atoms with Gasteiger partial charge in [0, 0.05) is 18.0 Å². The van der Waals surface area contributed by atoms with Crippen LogP contribution in [0.4, 0.5) is 0 Å². The Bertz CT molecular complexity index is 1040. The van der Waals surface area contributed by atoms with Crippen molar-refractivity contribution in [3.8, 4) is 16.9 Å². The van der Waals surface area contributed by atoms with E-state index in [0.29, 0.717) is 11.4 Å². The van der Waals surface area contributed by atoms with Gasteiger partial charge in [-0.3, -0.25) is 25.1 Å². The van der Waals surface area contributed by atoms with Gasteiger partial charge in [-0.1, -0.05) is 69.3 Å². The monoisotopic (exact) mass is 406 g/mol. The molecule has 2 N–H and O–H groups in total. The van der Waals surface area contributed by atoms with Gasteiger partial charge < -0.3 is 4.74 Å². The molecule has 30 heavy (non-hydrogen) atoms. The molecule has 7 nitrogen and oxygen atoms in total. The van der Waals surface area contributed by atoms with E-state index in [4.69, 9.17) is 4.74 Å². The van der Waals surface area contributed by atoms with Gasteiger partial charge >= 0.3 is 0 Å². The number of hydrazine groups is 1. The molecule has 0 spiro atoms. The zero-order valence-electron chi connectivity index (χ0n) is 17.6. The van der Waals surface area contributed by atoms with Crippen LogP contribution in [0, 0.1) is 0 Å². The SMILES string of the molecule is Cn1nc(C(C)(C)C)cc1C(=O)NNC(=O)COc1ccccc1-c1ccccc1. The van der Waals surface area contributed by atoms with Crippen LogP contribution >= 0.6 is 0 Å². The highest BCUT2D eigenvalue weighted by atomic mass is 16.5. The average molecular weight is 406 g/mol. The number of nitrogens with zero attached hydrogens (tertiary/aromatic N) is 2. The third-order valence-corrected chi connectivity index (χ3v) is 4.53.